The van der Waals surface area contributed by atoms with E-state index in [9.17, 15) is 24.8 Å². The summed E-state index contributed by atoms with van der Waals surface area (Å²) in [5, 5.41) is 24.5. The van der Waals surface area contributed by atoms with Crippen molar-refractivity contribution in [3.63, 3.8) is 0 Å². The van der Waals surface area contributed by atoms with E-state index in [-0.39, 0.29) is 22.9 Å². The highest BCUT2D eigenvalue weighted by atomic mass is 16.6. The number of allylic oxidation sites excluding steroid dienone is 2. The molecule has 2 atom stereocenters. The van der Waals surface area contributed by atoms with E-state index >= 15 is 0 Å². The van der Waals surface area contributed by atoms with Crippen LogP contribution < -0.4 is 5.32 Å². The normalized spacial score (nSPS) is 18.3. The Kier molecular flexibility index (Phi) is 8.26. The molecule has 2 aromatic carbocycles. The molecule has 2 unspecified atom stereocenters. The van der Waals surface area contributed by atoms with E-state index in [1.165, 1.54) is 18.2 Å². The second-order valence-electron chi connectivity index (χ2n) is 10.2. The number of nitrogens with one attached hydrogen (secondary N) is 1. The number of nitro benzene ring substituents is 1. The van der Waals surface area contributed by atoms with Gasteiger partial charge in [-0.05, 0) is 44.4 Å². The maximum absolute atomic E-state index is 13.7. The van der Waals surface area contributed by atoms with E-state index < -0.39 is 22.8 Å². The van der Waals surface area contributed by atoms with Crippen LogP contribution in [0.1, 0.15) is 50.2 Å². The summed E-state index contributed by atoms with van der Waals surface area (Å²) in [4.78, 5) is 39.1. The molecule has 0 radical (unpaired) electrons. The van der Waals surface area contributed by atoms with E-state index in [2.05, 4.69) is 10.2 Å². The fraction of sp³-hybridized carbons (Fsp3) is 0.379. The number of carbonyl (C=O) groups is 2. The number of nitro groups is 1. The van der Waals surface area contributed by atoms with Crippen molar-refractivity contribution >= 4 is 17.6 Å². The molecule has 9 heteroatoms. The fourth-order valence-corrected chi connectivity index (χ4v) is 5.11. The minimum absolute atomic E-state index is 0.0389. The van der Waals surface area contributed by atoms with Crippen molar-refractivity contribution in [2.75, 3.05) is 13.6 Å². The van der Waals surface area contributed by atoms with Gasteiger partial charge in [-0.3, -0.25) is 15.0 Å². The molecular formula is C29H33N3O6. The van der Waals surface area contributed by atoms with Gasteiger partial charge in [0.25, 0.3) is 5.69 Å². The summed E-state index contributed by atoms with van der Waals surface area (Å²) in [5.41, 5.74) is 2.28. The number of carbonyl (C=O) groups excluding carboxylic acids is 1. The van der Waals surface area contributed by atoms with Crippen LogP contribution in [-0.4, -0.2) is 46.6 Å². The molecule has 1 fully saturated rings. The first kappa shape index (κ1) is 27.1. The van der Waals surface area contributed by atoms with Crippen LogP contribution in [0.4, 0.5) is 5.69 Å². The van der Waals surface area contributed by atoms with Crippen molar-refractivity contribution < 1.29 is 24.4 Å². The molecule has 1 aliphatic carbocycles. The molecule has 0 spiro atoms. The van der Waals surface area contributed by atoms with Crippen LogP contribution in [-0.2, 0) is 20.9 Å². The highest BCUT2D eigenvalue weighted by molar-refractivity contribution is 5.99. The summed E-state index contributed by atoms with van der Waals surface area (Å²) in [5.74, 6) is -2.33. The molecule has 0 aromatic heterocycles. The highest BCUT2D eigenvalue weighted by Crippen LogP contribution is 2.40. The molecule has 2 aliphatic rings. The van der Waals surface area contributed by atoms with Gasteiger partial charge in [-0.2, -0.15) is 0 Å². The van der Waals surface area contributed by atoms with Crippen molar-refractivity contribution in [2.24, 2.45) is 5.92 Å². The number of ether oxygens (including phenoxy) is 1. The van der Waals surface area contributed by atoms with Crippen LogP contribution >= 0.6 is 0 Å². The van der Waals surface area contributed by atoms with Crippen molar-refractivity contribution in [1.29, 1.82) is 0 Å². The topological polar surface area (TPSA) is 122 Å². The van der Waals surface area contributed by atoms with Gasteiger partial charge in [-0.1, -0.05) is 55.3 Å². The number of benzene rings is 2. The predicted molar refractivity (Wildman–Crippen MR) is 142 cm³/mol. The first-order valence-electron chi connectivity index (χ1n) is 12.7. The van der Waals surface area contributed by atoms with Crippen LogP contribution in [0.3, 0.4) is 0 Å². The van der Waals surface area contributed by atoms with Gasteiger partial charge in [0.05, 0.1) is 22.0 Å². The van der Waals surface area contributed by atoms with Gasteiger partial charge in [0.15, 0.2) is 0 Å². The molecule has 1 saturated carbocycles. The largest absolute Gasteiger partial charge is 0.478 e. The second kappa shape index (κ2) is 11.6. The first-order chi connectivity index (χ1) is 18.1. The Morgan fingerprint density at radius 2 is 1.79 bits per heavy atom. The average molecular weight is 520 g/mol. The van der Waals surface area contributed by atoms with Crippen molar-refractivity contribution in [2.45, 2.75) is 51.7 Å². The molecule has 9 nitrogen and oxygen atoms in total. The third kappa shape index (κ3) is 6.47. The summed E-state index contributed by atoms with van der Waals surface area (Å²) >= 11 is 0. The molecule has 2 aromatic rings. The van der Waals surface area contributed by atoms with Gasteiger partial charge >= 0.3 is 11.9 Å². The summed E-state index contributed by atoms with van der Waals surface area (Å²) in [6.45, 7) is 4.54. The Balaban J connectivity index is 1.62. The van der Waals surface area contributed by atoms with Crippen LogP contribution in [0, 0.1) is 16.0 Å². The lowest BCUT2D eigenvalue weighted by Gasteiger charge is -2.31. The molecule has 1 aliphatic heterocycles. The van der Waals surface area contributed by atoms with E-state index in [1.807, 2.05) is 37.4 Å². The molecule has 0 amide bonds. The summed E-state index contributed by atoms with van der Waals surface area (Å²) < 4.78 is 6.08. The van der Waals surface area contributed by atoms with Gasteiger partial charge in [0, 0.05) is 36.6 Å². The molecule has 1 heterocycles. The lowest BCUT2D eigenvalue weighted by atomic mass is 9.80. The number of carboxylic acid groups (broad SMARTS) is 1. The van der Waals surface area contributed by atoms with Crippen molar-refractivity contribution in [1.82, 2.24) is 10.2 Å². The Labute approximate surface area is 221 Å². The van der Waals surface area contributed by atoms with Crippen LogP contribution in [0.15, 0.2) is 77.1 Å². The molecule has 200 valence electrons. The maximum Gasteiger partial charge on any atom is 0.337 e. The number of hydrogen-bond acceptors (Lipinski definition) is 7. The van der Waals surface area contributed by atoms with Gasteiger partial charge in [0.1, 0.15) is 6.10 Å². The van der Waals surface area contributed by atoms with Crippen LogP contribution in [0.25, 0.3) is 0 Å². The van der Waals surface area contributed by atoms with E-state index in [0.29, 0.717) is 36.0 Å². The standard InChI is InChI=1S/C29H33N3O6/c1-18-25(28(33)34)27(22-10-7-11-23(15-22)32(36)37)26(19(2)30-18)29(35)38-24(14-20-12-13-20)17-31(3)16-21-8-5-4-6-9-21/h4-11,15,20,24,27,30H,12-14,16-17H2,1-3H3,(H,33,34). The number of esters is 1. The molecule has 4 rings (SSSR count). The van der Waals surface area contributed by atoms with E-state index in [1.54, 1.807) is 19.9 Å². The lowest BCUT2D eigenvalue weighted by molar-refractivity contribution is -0.384. The van der Waals surface area contributed by atoms with Crippen molar-refractivity contribution in [3.05, 3.63) is 98.4 Å². The maximum atomic E-state index is 13.7. The Bertz CT molecular complexity index is 1280. The molecule has 0 saturated heterocycles. The van der Waals surface area contributed by atoms with E-state index in [4.69, 9.17) is 4.74 Å². The first-order valence-corrected chi connectivity index (χ1v) is 12.7. The lowest BCUT2D eigenvalue weighted by Crippen LogP contribution is -2.36. The Morgan fingerprint density at radius 1 is 1.11 bits per heavy atom. The third-order valence-electron chi connectivity index (χ3n) is 7.00. The zero-order chi connectivity index (χ0) is 27.4. The summed E-state index contributed by atoms with van der Waals surface area (Å²) in [7, 11) is 1.98. The van der Waals surface area contributed by atoms with Gasteiger partial charge in [-0.25, -0.2) is 9.59 Å². The number of hydrogen-bond donors (Lipinski definition) is 2. The molecular weight excluding hydrogens is 486 g/mol. The Morgan fingerprint density at radius 3 is 2.42 bits per heavy atom. The summed E-state index contributed by atoms with van der Waals surface area (Å²) in [6, 6.07) is 15.8. The third-order valence-corrected chi connectivity index (χ3v) is 7.00. The SMILES string of the molecule is CC1=C(C(=O)O)C(c2cccc([N+](=O)[O-])c2)C(C(=O)OC(CC2CC2)CN(C)Cc2ccccc2)=C(C)N1. The van der Waals surface area contributed by atoms with E-state index in [0.717, 1.165) is 24.8 Å². The second-order valence-corrected chi connectivity index (χ2v) is 10.2. The number of carboxylic acids is 1. The predicted octanol–water partition coefficient (Wildman–Crippen LogP) is 4.76. The molecule has 0 bridgehead atoms. The smallest absolute Gasteiger partial charge is 0.337 e. The van der Waals surface area contributed by atoms with Crippen LogP contribution in [0.2, 0.25) is 0 Å². The molecule has 38 heavy (non-hydrogen) atoms. The van der Waals surface area contributed by atoms with Gasteiger partial charge < -0.3 is 15.2 Å². The van der Waals surface area contributed by atoms with Crippen LogP contribution in [0.5, 0.6) is 0 Å². The molecule has 2 N–H and O–H groups in total. The Hall–Kier alpha value is -3.98. The summed E-state index contributed by atoms with van der Waals surface area (Å²) in [6.07, 6.45) is 2.55. The minimum Gasteiger partial charge on any atom is -0.478 e. The number of rotatable bonds is 11. The monoisotopic (exact) mass is 519 g/mol. The zero-order valence-corrected chi connectivity index (χ0v) is 21.8. The fourth-order valence-electron chi connectivity index (χ4n) is 5.11. The quantitative estimate of drug-likeness (QED) is 0.248. The zero-order valence-electron chi connectivity index (χ0n) is 21.8. The number of nitrogens with zero attached hydrogens (tertiary/aromatic N) is 2. The van der Waals surface area contributed by atoms with Crippen molar-refractivity contribution in [3.8, 4) is 0 Å². The highest BCUT2D eigenvalue weighted by Gasteiger charge is 2.39. The minimum atomic E-state index is -1.21. The average Bonchev–Trinajstić information content (AvgIpc) is 3.67. The number of dihydropyridines is 1. The number of non-ortho nitro benzene ring substituents is 1. The number of aliphatic carboxylic acids is 1. The van der Waals surface area contributed by atoms with Gasteiger partial charge in [-0.15, -0.1) is 0 Å². The van der Waals surface area contributed by atoms with Gasteiger partial charge in [0.2, 0.25) is 0 Å². The number of likely N-dealkylation sites (N-methyl/N-ethyl adjacent to an activating group) is 1.